The van der Waals surface area contributed by atoms with E-state index in [4.69, 9.17) is 0 Å². The van der Waals surface area contributed by atoms with Crippen molar-refractivity contribution in [2.45, 2.75) is 12.5 Å². The Morgan fingerprint density at radius 3 is 2.55 bits per heavy atom. The number of aromatic nitrogens is 1. The van der Waals surface area contributed by atoms with Crippen molar-refractivity contribution in [1.82, 2.24) is 10.3 Å². The third kappa shape index (κ3) is 3.71. The molecule has 1 aromatic carbocycles. The average Bonchev–Trinajstić information content (AvgIpc) is 2.86. The number of halogens is 1. The van der Waals surface area contributed by atoms with Gasteiger partial charge in [-0.25, -0.2) is 4.79 Å². The van der Waals surface area contributed by atoms with Crippen LogP contribution in [-0.2, 0) is 11.2 Å². The van der Waals surface area contributed by atoms with Crippen LogP contribution in [0.5, 0.6) is 0 Å². The van der Waals surface area contributed by atoms with Crippen LogP contribution in [0.4, 0.5) is 0 Å². The molecule has 0 aliphatic heterocycles. The lowest BCUT2D eigenvalue weighted by atomic mass is 10.1. The minimum absolute atomic E-state index is 0.240. The van der Waals surface area contributed by atoms with Crippen molar-refractivity contribution in [2.75, 3.05) is 0 Å². The van der Waals surface area contributed by atoms with Crippen LogP contribution in [0.25, 0.3) is 0 Å². The SMILES string of the molecule is O=C(N[C@@H](Cc1ccccc1)C(=O)O)c1cc(Br)c[nH]1. The van der Waals surface area contributed by atoms with Gasteiger partial charge in [0.15, 0.2) is 0 Å². The normalized spacial score (nSPS) is 11.8. The quantitative estimate of drug-likeness (QED) is 0.782. The zero-order valence-corrected chi connectivity index (χ0v) is 12.1. The summed E-state index contributed by atoms with van der Waals surface area (Å²) in [5, 5.41) is 11.7. The van der Waals surface area contributed by atoms with E-state index < -0.39 is 17.9 Å². The molecule has 0 aliphatic carbocycles. The Hall–Kier alpha value is -2.08. The molecular formula is C14H13BrN2O3. The molecule has 0 spiro atoms. The molecule has 5 nitrogen and oxygen atoms in total. The first-order chi connectivity index (χ1) is 9.56. The molecule has 104 valence electrons. The van der Waals surface area contributed by atoms with Crippen molar-refractivity contribution in [1.29, 1.82) is 0 Å². The lowest BCUT2D eigenvalue weighted by molar-refractivity contribution is -0.139. The lowest BCUT2D eigenvalue weighted by Crippen LogP contribution is -2.42. The fourth-order valence-corrected chi connectivity index (χ4v) is 2.13. The van der Waals surface area contributed by atoms with Crippen molar-refractivity contribution in [2.24, 2.45) is 0 Å². The number of carboxylic acid groups (broad SMARTS) is 1. The number of rotatable bonds is 5. The van der Waals surface area contributed by atoms with E-state index >= 15 is 0 Å². The minimum atomic E-state index is -1.06. The summed E-state index contributed by atoms with van der Waals surface area (Å²) in [5.74, 6) is -1.51. The predicted octanol–water partition coefficient (Wildman–Crippen LogP) is 2.20. The zero-order chi connectivity index (χ0) is 14.5. The maximum absolute atomic E-state index is 11.9. The summed E-state index contributed by atoms with van der Waals surface area (Å²) >= 11 is 3.22. The summed E-state index contributed by atoms with van der Waals surface area (Å²) in [6.45, 7) is 0. The standard InChI is InChI=1S/C14H13BrN2O3/c15-10-7-11(16-8-10)13(18)17-12(14(19)20)6-9-4-2-1-3-5-9/h1-5,7-8,12,16H,6H2,(H,17,18)(H,19,20)/t12-/m0/s1. The first kappa shape index (κ1) is 14.3. The Balaban J connectivity index is 2.06. The number of aliphatic carboxylic acids is 1. The molecule has 0 bridgehead atoms. The monoisotopic (exact) mass is 336 g/mol. The van der Waals surface area contributed by atoms with E-state index in [0.29, 0.717) is 5.69 Å². The molecule has 2 rings (SSSR count). The molecule has 1 amide bonds. The van der Waals surface area contributed by atoms with Crippen molar-refractivity contribution in [3.8, 4) is 0 Å². The molecule has 20 heavy (non-hydrogen) atoms. The van der Waals surface area contributed by atoms with Crippen molar-refractivity contribution in [3.05, 3.63) is 58.3 Å². The van der Waals surface area contributed by atoms with E-state index in [2.05, 4.69) is 26.2 Å². The Morgan fingerprint density at radius 2 is 2.00 bits per heavy atom. The molecule has 0 fully saturated rings. The maximum Gasteiger partial charge on any atom is 0.326 e. The van der Waals surface area contributed by atoms with Gasteiger partial charge >= 0.3 is 5.97 Å². The molecule has 1 atom stereocenters. The summed E-state index contributed by atoms with van der Waals surface area (Å²) < 4.78 is 0.734. The van der Waals surface area contributed by atoms with Gasteiger partial charge in [0.25, 0.3) is 5.91 Å². The highest BCUT2D eigenvalue weighted by Gasteiger charge is 2.21. The predicted molar refractivity (Wildman–Crippen MR) is 77.5 cm³/mol. The lowest BCUT2D eigenvalue weighted by Gasteiger charge is -2.14. The number of H-pyrrole nitrogens is 1. The second kappa shape index (κ2) is 6.38. The zero-order valence-electron chi connectivity index (χ0n) is 10.5. The van der Waals surface area contributed by atoms with E-state index in [-0.39, 0.29) is 6.42 Å². The molecule has 0 unspecified atom stereocenters. The van der Waals surface area contributed by atoms with Crippen LogP contribution in [0.2, 0.25) is 0 Å². The van der Waals surface area contributed by atoms with Crippen LogP contribution in [0, 0.1) is 0 Å². The van der Waals surface area contributed by atoms with Gasteiger partial charge in [-0.15, -0.1) is 0 Å². The van der Waals surface area contributed by atoms with Crippen LogP contribution in [-0.4, -0.2) is 28.0 Å². The average molecular weight is 337 g/mol. The van der Waals surface area contributed by atoms with Gasteiger partial charge < -0.3 is 15.4 Å². The Kier molecular flexibility index (Phi) is 4.57. The highest BCUT2D eigenvalue weighted by molar-refractivity contribution is 9.10. The van der Waals surface area contributed by atoms with Gasteiger partial charge in [-0.1, -0.05) is 30.3 Å². The summed E-state index contributed by atoms with van der Waals surface area (Å²) in [7, 11) is 0. The van der Waals surface area contributed by atoms with Gasteiger partial charge in [0.05, 0.1) is 0 Å². The van der Waals surface area contributed by atoms with Gasteiger partial charge in [0.1, 0.15) is 11.7 Å². The largest absolute Gasteiger partial charge is 0.480 e. The first-order valence-corrected chi connectivity index (χ1v) is 6.77. The Morgan fingerprint density at radius 1 is 1.30 bits per heavy atom. The molecule has 0 aliphatic rings. The van der Waals surface area contributed by atoms with Gasteiger partial charge in [-0.2, -0.15) is 0 Å². The molecule has 0 radical (unpaired) electrons. The number of carbonyl (C=O) groups is 2. The van der Waals surface area contributed by atoms with Crippen LogP contribution in [0.1, 0.15) is 16.1 Å². The fourth-order valence-electron chi connectivity index (χ4n) is 1.78. The second-order valence-corrected chi connectivity index (χ2v) is 5.20. The van der Waals surface area contributed by atoms with Crippen LogP contribution < -0.4 is 5.32 Å². The summed E-state index contributed by atoms with van der Waals surface area (Å²) in [6, 6.07) is 9.80. The molecule has 1 heterocycles. The number of carbonyl (C=O) groups excluding carboxylic acids is 1. The molecule has 0 saturated carbocycles. The maximum atomic E-state index is 11.9. The van der Waals surface area contributed by atoms with Crippen molar-refractivity contribution < 1.29 is 14.7 Å². The van der Waals surface area contributed by atoms with Gasteiger partial charge in [0.2, 0.25) is 0 Å². The molecule has 3 N–H and O–H groups in total. The fraction of sp³-hybridized carbons (Fsp3) is 0.143. The van der Waals surface area contributed by atoms with Crippen LogP contribution >= 0.6 is 15.9 Å². The van der Waals surface area contributed by atoms with E-state index in [1.54, 1.807) is 12.3 Å². The summed E-state index contributed by atoms with van der Waals surface area (Å²) in [5.41, 5.74) is 1.17. The Bertz CT molecular complexity index is 610. The number of hydrogen-bond acceptors (Lipinski definition) is 2. The summed E-state index contributed by atoms with van der Waals surface area (Å²) in [4.78, 5) is 25.9. The topological polar surface area (TPSA) is 82.2 Å². The van der Waals surface area contributed by atoms with Gasteiger partial charge in [-0.3, -0.25) is 4.79 Å². The Labute approximate surface area is 124 Å². The van der Waals surface area contributed by atoms with Crippen molar-refractivity contribution >= 4 is 27.8 Å². The number of aromatic amines is 1. The minimum Gasteiger partial charge on any atom is -0.480 e. The van der Waals surface area contributed by atoms with Crippen LogP contribution in [0.15, 0.2) is 47.1 Å². The second-order valence-electron chi connectivity index (χ2n) is 4.29. The number of hydrogen-bond donors (Lipinski definition) is 3. The molecule has 2 aromatic rings. The van der Waals surface area contributed by atoms with E-state index in [0.717, 1.165) is 10.0 Å². The van der Waals surface area contributed by atoms with E-state index in [9.17, 15) is 14.7 Å². The summed E-state index contributed by atoms with van der Waals surface area (Å²) in [6.07, 6.45) is 1.85. The third-order valence-corrected chi connectivity index (χ3v) is 3.24. The van der Waals surface area contributed by atoms with E-state index in [1.807, 2.05) is 30.3 Å². The van der Waals surface area contributed by atoms with Crippen LogP contribution in [0.3, 0.4) is 0 Å². The number of carboxylic acids is 1. The third-order valence-electron chi connectivity index (χ3n) is 2.78. The van der Waals surface area contributed by atoms with Gasteiger partial charge in [-0.05, 0) is 27.6 Å². The first-order valence-electron chi connectivity index (χ1n) is 5.98. The van der Waals surface area contributed by atoms with Crippen molar-refractivity contribution in [3.63, 3.8) is 0 Å². The smallest absolute Gasteiger partial charge is 0.326 e. The van der Waals surface area contributed by atoms with E-state index in [1.165, 1.54) is 0 Å². The highest BCUT2D eigenvalue weighted by atomic mass is 79.9. The molecule has 0 saturated heterocycles. The number of nitrogens with one attached hydrogen (secondary N) is 2. The number of benzene rings is 1. The molecular weight excluding hydrogens is 324 g/mol. The highest BCUT2D eigenvalue weighted by Crippen LogP contribution is 2.11. The molecule has 1 aromatic heterocycles. The van der Waals surface area contributed by atoms with Gasteiger partial charge in [0, 0.05) is 17.1 Å². The number of amides is 1. The molecule has 6 heteroatoms.